The molecule has 0 radical (unpaired) electrons. The van der Waals surface area contributed by atoms with Crippen LogP contribution in [0.3, 0.4) is 0 Å². The molecule has 2 heterocycles. The molecule has 196 valence electrons. The van der Waals surface area contributed by atoms with Gasteiger partial charge in [0.1, 0.15) is 23.4 Å². The number of aliphatic carboxylic acids is 1. The van der Waals surface area contributed by atoms with Gasteiger partial charge in [-0.3, -0.25) is 4.79 Å². The summed E-state index contributed by atoms with van der Waals surface area (Å²) in [5.74, 6) is 0.673. The molecule has 1 unspecified atom stereocenters. The van der Waals surface area contributed by atoms with E-state index in [1.165, 1.54) is 0 Å². The second-order valence-electron chi connectivity index (χ2n) is 9.28. The Morgan fingerprint density at radius 3 is 2.37 bits per heavy atom. The standard InChI is InChI=1S/C30H31N3O5/c1-18-11-19(2)28(20(3)12-18)29(34)33-26(30(35)36)13-21-5-7-22(8-6-21)23-14-25(38-17-23)16-32-27-15-24(37-4)9-10-31-27/h5-12,14-15,17,26H,13,16H2,1-4H3,(H,31,32)(H,33,34)(H,35,36). The number of nitrogens with zero attached hydrogens (tertiary/aromatic N) is 1. The number of benzene rings is 2. The van der Waals surface area contributed by atoms with Gasteiger partial charge in [0.15, 0.2) is 0 Å². The summed E-state index contributed by atoms with van der Waals surface area (Å²) < 4.78 is 10.9. The molecule has 3 N–H and O–H groups in total. The number of amides is 1. The molecule has 38 heavy (non-hydrogen) atoms. The van der Waals surface area contributed by atoms with E-state index in [9.17, 15) is 14.7 Å². The van der Waals surface area contributed by atoms with Crippen LogP contribution in [0.5, 0.6) is 5.75 Å². The number of carbonyl (C=O) groups is 2. The van der Waals surface area contributed by atoms with Crippen LogP contribution in [0.25, 0.3) is 11.1 Å². The fourth-order valence-corrected chi connectivity index (χ4v) is 4.47. The highest BCUT2D eigenvalue weighted by Crippen LogP contribution is 2.24. The number of carbonyl (C=O) groups excluding carboxylic acids is 1. The Morgan fingerprint density at radius 2 is 1.71 bits per heavy atom. The van der Waals surface area contributed by atoms with Gasteiger partial charge in [0.05, 0.1) is 19.9 Å². The average molecular weight is 514 g/mol. The number of hydrogen-bond acceptors (Lipinski definition) is 6. The van der Waals surface area contributed by atoms with Crippen molar-refractivity contribution in [2.24, 2.45) is 0 Å². The predicted octanol–water partition coefficient (Wildman–Crippen LogP) is 5.31. The first kappa shape index (κ1) is 26.5. The first-order chi connectivity index (χ1) is 18.2. The Labute approximate surface area is 221 Å². The Balaban J connectivity index is 1.39. The van der Waals surface area contributed by atoms with Crippen LogP contribution in [0.15, 0.2) is 71.5 Å². The third-order valence-electron chi connectivity index (χ3n) is 6.30. The molecule has 2 aromatic carbocycles. The highest BCUT2D eigenvalue weighted by atomic mass is 16.5. The van der Waals surface area contributed by atoms with Crippen molar-refractivity contribution < 1.29 is 23.8 Å². The molecule has 0 aliphatic heterocycles. The zero-order valence-electron chi connectivity index (χ0n) is 21.9. The molecule has 2 aromatic heterocycles. The molecule has 0 fully saturated rings. The van der Waals surface area contributed by atoms with Gasteiger partial charge in [-0.1, -0.05) is 42.0 Å². The SMILES string of the molecule is COc1ccnc(NCc2cc(-c3ccc(CC(NC(=O)c4c(C)cc(C)cc4C)C(=O)O)cc3)co2)c1. The molecule has 8 heteroatoms. The van der Waals surface area contributed by atoms with Crippen molar-refractivity contribution in [2.75, 3.05) is 12.4 Å². The summed E-state index contributed by atoms with van der Waals surface area (Å²) in [5.41, 5.74) is 5.86. The minimum Gasteiger partial charge on any atom is -0.497 e. The molecule has 4 rings (SSSR count). The van der Waals surface area contributed by atoms with Crippen LogP contribution in [-0.2, 0) is 17.8 Å². The number of pyridine rings is 1. The maximum atomic E-state index is 12.9. The molecule has 0 saturated heterocycles. The van der Waals surface area contributed by atoms with Crippen LogP contribution >= 0.6 is 0 Å². The third-order valence-corrected chi connectivity index (χ3v) is 6.30. The zero-order chi connectivity index (χ0) is 27.2. The molecule has 8 nitrogen and oxygen atoms in total. The van der Waals surface area contributed by atoms with E-state index < -0.39 is 12.0 Å². The lowest BCUT2D eigenvalue weighted by molar-refractivity contribution is -0.139. The molecule has 1 atom stereocenters. The second kappa shape index (κ2) is 11.6. The van der Waals surface area contributed by atoms with Crippen LogP contribution in [0, 0.1) is 20.8 Å². The van der Waals surface area contributed by atoms with Gasteiger partial charge in [0.25, 0.3) is 5.91 Å². The number of carboxylic acids is 1. The van der Waals surface area contributed by atoms with Crippen LogP contribution < -0.4 is 15.4 Å². The number of methoxy groups -OCH3 is 1. The number of aryl methyl sites for hydroxylation is 3. The fourth-order valence-electron chi connectivity index (χ4n) is 4.47. The number of anilines is 1. The van der Waals surface area contributed by atoms with E-state index in [-0.39, 0.29) is 12.3 Å². The van der Waals surface area contributed by atoms with Gasteiger partial charge in [-0.2, -0.15) is 0 Å². The summed E-state index contributed by atoms with van der Waals surface area (Å²) in [6.45, 7) is 6.14. The largest absolute Gasteiger partial charge is 0.497 e. The van der Waals surface area contributed by atoms with E-state index >= 15 is 0 Å². The predicted molar refractivity (Wildman–Crippen MR) is 146 cm³/mol. The smallest absolute Gasteiger partial charge is 0.326 e. The Bertz CT molecular complexity index is 1420. The lowest BCUT2D eigenvalue weighted by Gasteiger charge is -2.17. The first-order valence-corrected chi connectivity index (χ1v) is 12.3. The normalized spacial score (nSPS) is 11.6. The average Bonchev–Trinajstić information content (AvgIpc) is 3.36. The van der Waals surface area contributed by atoms with Crippen molar-refractivity contribution in [1.82, 2.24) is 10.3 Å². The number of nitrogens with one attached hydrogen (secondary N) is 2. The molecule has 1 amide bonds. The quantitative estimate of drug-likeness (QED) is 0.263. The van der Waals surface area contributed by atoms with Crippen molar-refractivity contribution in [3.8, 4) is 16.9 Å². The van der Waals surface area contributed by atoms with Crippen LogP contribution in [-0.4, -0.2) is 35.1 Å². The van der Waals surface area contributed by atoms with Gasteiger partial charge in [-0.25, -0.2) is 9.78 Å². The highest BCUT2D eigenvalue weighted by Gasteiger charge is 2.23. The second-order valence-corrected chi connectivity index (χ2v) is 9.28. The van der Waals surface area contributed by atoms with E-state index in [0.29, 0.717) is 23.7 Å². The minimum atomic E-state index is -1.08. The van der Waals surface area contributed by atoms with Crippen molar-refractivity contribution in [3.05, 3.63) is 101 Å². The number of aromatic nitrogens is 1. The van der Waals surface area contributed by atoms with Crippen LogP contribution in [0.1, 0.15) is 38.4 Å². The van der Waals surface area contributed by atoms with Gasteiger partial charge in [0.2, 0.25) is 0 Å². The molecule has 0 spiro atoms. The molecule has 0 aliphatic carbocycles. The van der Waals surface area contributed by atoms with Gasteiger partial charge in [-0.05, 0) is 55.2 Å². The summed E-state index contributed by atoms with van der Waals surface area (Å²) >= 11 is 0. The number of hydrogen-bond donors (Lipinski definition) is 3. The summed E-state index contributed by atoms with van der Waals surface area (Å²) in [6.07, 6.45) is 3.51. The monoisotopic (exact) mass is 513 g/mol. The summed E-state index contributed by atoms with van der Waals surface area (Å²) in [6, 6.07) is 15.9. The van der Waals surface area contributed by atoms with E-state index in [1.807, 2.05) is 63.2 Å². The number of carboxylic acid groups (broad SMARTS) is 1. The maximum Gasteiger partial charge on any atom is 0.326 e. The number of rotatable bonds is 10. The Morgan fingerprint density at radius 1 is 1.00 bits per heavy atom. The minimum absolute atomic E-state index is 0.166. The molecular weight excluding hydrogens is 482 g/mol. The van der Waals surface area contributed by atoms with Crippen LogP contribution in [0.4, 0.5) is 5.82 Å². The molecule has 0 bridgehead atoms. The number of ether oxygens (including phenoxy) is 1. The highest BCUT2D eigenvalue weighted by molar-refractivity contribution is 5.99. The topological polar surface area (TPSA) is 114 Å². The van der Waals surface area contributed by atoms with Crippen molar-refractivity contribution in [3.63, 3.8) is 0 Å². The van der Waals surface area contributed by atoms with E-state index in [0.717, 1.165) is 39.1 Å². The fraction of sp³-hybridized carbons (Fsp3) is 0.233. The number of furan rings is 1. The molecular formula is C30H31N3O5. The first-order valence-electron chi connectivity index (χ1n) is 12.3. The maximum absolute atomic E-state index is 12.9. The summed E-state index contributed by atoms with van der Waals surface area (Å²) in [5, 5.41) is 15.7. The van der Waals surface area contributed by atoms with Gasteiger partial charge in [-0.15, -0.1) is 0 Å². The lowest BCUT2D eigenvalue weighted by atomic mass is 9.98. The Kier molecular flexibility index (Phi) is 8.11. The third kappa shape index (κ3) is 6.39. The van der Waals surface area contributed by atoms with Crippen molar-refractivity contribution >= 4 is 17.7 Å². The zero-order valence-corrected chi connectivity index (χ0v) is 21.9. The van der Waals surface area contributed by atoms with E-state index in [1.54, 1.807) is 31.7 Å². The molecule has 0 aliphatic rings. The van der Waals surface area contributed by atoms with E-state index in [4.69, 9.17) is 9.15 Å². The summed E-state index contributed by atoms with van der Waals surface area (Å²) in [4.78, 5) is 29.1. The van der Waals surface area contributed by atoms with Gasteiger partial charge in [0, 0.05) is 29.8 Å². The van der Waals surface area contributed by atoms with Crippen molar-refractivity contribution in [1.29, 1.82) is 0 Å². The molecule has 4 aromatic rings. The van der Waals surface area contributed by atoms with Gasteiger partial charge >= 0.3 is 5.97 Å². The summed E-state index contributed by atoms with van der Waals surface area (Å²) in [7, 11) is 1.61. The Hall–Kier alpha value is -4.59. The van der Waals surface area contributed by atoms with Crippen LogP contribution in [0.2, 0.25) is 0 Å². The van der Waals surface area contributed by atoms with E-state index in [2.05, 4.69) is 15.6 Å². The lowest BCUT2D eigenvalue weighted by Crippen LogP contribution is -2.42. The molecule has 0 saturated carbocycles. The van der Waals surface area contributed by atoms with Gasteiger partial charge < -0.3 is 24.9 Å². The van der Waals surface area contributed by atoms with Crippen molar-refractivity contribution in [2.45, 2.75) is 39.8 Å².